The first-order chi connectivity index (χ1) is 9.20. The number of rotatable bonds is 3. The Morgan fingerprint density at radius 3 is 3.05 bits per heavy atom. The molecule has 1 saturated heterocycles. The molecule has 0 atom stereocenters. The van der Waals surface area contributed by atoms with Crippen LogP contribution in [0.4, 0.5) is 0 Å². The Kier molecular flexibility index (Phi) is 5.52. The lowest BCUT2D eigenvalue weighted by molar-refractivity contribution is 0.0768. The van der Waals surface area contributed by atoms with E-state index in [2.05, 4.69) is 11.9 Å². The van der Waals surface area contributed by atoms with Gasteiger partial charge in [-0.15, -0.1) is 0 Å². The molecule has 5 heteroatoms. The lowest BCUT2D eigenvalue weighted by atomic mass is 10.1. The second-order valence-electron chi connectivity index (χ2n) is 4.68. The summed E-state index contributed by atoms with van der Waals surface area (Å²) in [4.78, 5) is 18.7. The number of halogens is 1. The van der Waals surface area contributed by atoms with Crippen LogP contribution in [-0.4, -0.2) is 40.4 Å². The van der Waals surface area contributed by atoms with Crippen molar-refractivity contribution in [2.24, 2.45) is 0 Å². The van der Waals surface area contributed by atoms with E-state index in [0.717, 1.165) is 49.6 Å². The van der Waals surface area contributed by atoms with Gasteiger partial charge in [-0.25, -0.2) is 4.98 Å². The number of aromatic nitrogens is 1. The number of carbonyl (C=O) groups is 1. The standard InChI is InChI=1S/C14H19ClN2OS/c1-2-4-12-9-11(10-13(15)16-12)14(18)17-5-3-7-19-8-6-17/h9-10H,2-8H2,1H3. The van der Waals surface area contributed by atoms with Gasteiger partial charge in [0.25, 0.3) is 5.91 Å². The highest BCUT2D eigenvalue weighted by Gasteiger charge is 2.18. The number of carbonyl (C=O) groups excluding carboxylic acids is 1. The molecule has 2 heterocycles. The number of pyridine rings is 1. The van der Waals surface area contributed by atoms with E-state index in [0.29, 0.717) is 10.7 Å². The third-order valence-corrected chi connectivity index (χ3v) is 4.35. The van der Waals surface area contributed by atoms with Crippen LogP contribution in [0.25, 0.3) is 0 Å². The van der Waals surface area contributed by atoms with E-state index in [4.69, 9.17) is 11.6 Å². The third-order valence-electron chi connectivity index (χ3n) is 3.11. The van der Waals surface area contributed by atoms with E-state index >= 15 is 0 Å². The topological polar surface area (TPSA) is 33.2 Å². The van der Waals surface area contributed by atoms with Crippen LogP contribution in [0.15, 0.2) is 12.1 Å². The lowest BCUT2D eigenvalue weighted by Gasteiger charge is -2.20. The molecule has 0 radical (unpaired) electrons. The summed E-state index contributed by atoms with van der Waals surface area (Å²) in [5.74, 6) is 2.25. The number of thioether (sulfide) groups is 1. The van der Waals surface area contributed by atoms with Crippen molar-refractivity contribution in [2.45, 2.75) is 26.2 Å². The van der Waals surface area contributed by atoms with Crippen molar-refractivity contribution in [3.8, 4) is 0 Å². The second kappa shape index (κ2) is 7.15. The van der Waals surface area contributed by atoms with Crippen molar-refractivity contribution in [3.63, 3.8) is 0 Å². The van der Waals surface area contributed by atoms with Crippen molar-refractivity contribution in [1.82, 2.24) is 9.88 Å². The van der Waals surface area contributed by atoms with Gasteiger partial charge in [-0.05, 0) is 30.7 Å². The molecule has 1 aliphatic heterocycles. The summed E-state index contributed by atoms with van der Waals surface area (Å²) in [5.41, 5.74) is 1.58. The Hall–Kier alpha value is -0.740. The van der Waals surface area contributed by atoms with Crippen molar-refractivity contribution >= 4 is 29.3 Å². The van der Waals surface area contributed by atoms with Crippen molar-refractivity contribution in [3.05, 3.63) is 28.5 Å². The quantitative estimate of drug-likeness (QED) is 0.803. The van der Waals surface area contributed by atoms with E-state index in [1.807, 2.05) is 22.7 Å². The van der Waals surface area contributed by atoms with Crippen LogP contribution in [0, 0.1) is 0 Å². The largest absolute Gasteiger partial charge is 0.338 e. The van der Waals surface area contributed by atoms with Crippen LogP contribution in [0.3, 0.4) is 0 Å². The second-order valence-corrected chi connectivity index (χ2v) is 6.29. The number of hydrogen-bond donors (Lipinski definition) is 0. The molecule has 0 aromatic carbocycles. The van der Waals surface area contributed by atoms with Crippen molar-refractivity contribution in [1.29, 1.82) is 0 Å². The molecular weight excluding hydrogens is 280 g/mol. The highest BCUT2D eigenvalue weighted by molar-refractivity contribution is 7.99. The van der Waals surface area contributed by atoms with Gasteiger partial charge in [0, 0.05) is 30.1 Å². The smallest absolute Gasteiger partial charge is 0.254 e. The summed E-state index contributed by atoms with van der Waals surface area (Å²) in [7, 11) is 0. The van der Waals surface area contributed by atoms with E-state index in [9.17, 15) is 4.79 Å². The Bertz CT molecular complexity index is 445. The third kappa shape index (κ3) is 4.11. The van der Waals surface area contributed by atoms with E-state index < -0.39 is 0 Å². The number of hydrogen-bond acceptors (Lipinski definition) is 3. The van der Waals surface area contributed by atoms with Gasteiger partial charge in [-0.1, -0.05) is 24.9 Å². The first-order valence-corrected chi connectivity index (χ1v) is 8.27. The van der Waals surface area contributed by atoms with Crippen molar-refractivity contribution < 1.29 is 4.79 Å². The minimum Gasteiger partial charge on any atom is -0.338 e. The van der Waals surface area contributed by atoms with Gasteiger partial charge < -0.3 is 4.90 Å². The molecule has 1 amide bonds. The molecule has 1 aliphatic rings. The summed E-state index contributed by atoms with van der Waals surface area (Å²) in [6, 6.07) is 3.57. The summed E-state index contributed by atoms with van der Waals surface area (Å²) in [6.07, 6.45) is 2.93. The summed E-state index contributed by atoms with van der Waals surface area (Å²) >= 11 is 7.93. The van der Waals surface area contributed by atoms with Crippen LogP contribution < -0.4 is 0 Å². The maximum atomic E-state index is 12.5. The monoisotopic (exact) mass is 298 g/mol. The normalized spacial score (nSPS) is 16.2. The van der Waals surface area contributed by atoms with Crippen LogP contribution in [-0.2, 0) is 6.42 Å². The lowest BCUT2D eigenvalue weighted by Crippen LogP contribution is -2.33. The minimum atomic E-state index is 0.0872. The maximum Gasteiger partial charge on any atom is 0.254 e. The van der Waals surface area contributed by atoms with Crippen LogP contribution in [0.2, 0.25) is 5.15 Å². The molecule has 0 N–H and O–H groups in total. The van der Waals surface area contributed by atoms with Gasteiger partial charge in [0.2, 0.25) is 0 Å². The fraction of sp³-hybridized carbons (Fsp3) is 0.571. The van der Waals surface area contributed by atoms with Gasteiger partial charge in [0.05, 0.1) is 0 Å². The van der Waals surface area contributed by atoms with Gasteiger partial charge in [0.1, 0.15) is 5.15 Å². The zero-order chi connectivity index (χ0) is 13.7. The van der Waals surface area contributed by atoms with Gasteiger partial charge >= 0.3 is 0 Å². The molecule has 0 bridgehead atoms. The highest BCUT2D eigenvalue weighted by atomic mass is 35.5. The first-order valence-electron chi connectivity index (χ1n) is 6.74. The van der Waals surface area contributed by atoms with Crippen molar-refractivity contribution in [2.75, 3.05) is 24.6 Å². The molecule has 0 spiro atoms. The average Bonchev–Trinajstić information content (AvgIpc) is 2.66. The Labute approximate surface area is 123 Å². The summed E-state index contributed by atoms with van der Waals surface area (Å²) < 4.78 is 0. The minimum absolute atomic E-state index is 0.0872. The Morgan fingerprint density at radius 1 is 1.42 bits per heavy atom. The predicted molar refractivity (Wildman–Crippen MR) is 81.1 cm³/mol. The first kappa shape index (κ1) is 14.7. The molecule has 0 aliphatic carbocycles. The predicted octanol–water partition coefficient (Wildman–Crippen LogP) is 3.27. The molecule has 1 aromatic rings. The van der Waals surface area contributed by atoms with E-state index in [1.54, 1.807) is 6.07 Å². The molecule has 0 saturated carbocycles. The van der Waals surface area contributed by atoms with Crippen LogP contribution in [0.5, 0.6) is 0 Å². The van der Waals surface area contributed by atoms with Gasteiger partial charge in [-0.3, -0.25) is 4.79 Å². The highest BCUT2D eigenvalue weighted by Crippen LogP contribution is 2.17. The molecule has 104 valence electrons. The number of nitrogens with zero attached hydrogens (tertiary/aromatic N) is 2. The maximum absolute atomic E-state index is 12.5. The summed E-state index contributed by atoms with van der Waals surface area (Å²) in [5, 5.41) is 0.415. The zero-order valence-corrected chi connectivity index (χ0v) is 12.8. The molecule has 0 unspecified atom stereocenters. The van der Waals surface area contributed by atoms with Gasteiger partial charge in [0.15, 0.2) is 0 Å². The fourth-order valence-corrected chi connectivity index (χ4v) is 3.30. The van der Waals surface area contributed by atoms with Crippen LogP contribution in [0.1, 0.15) is 35.8 Å². The summed E-state index contributed by atoms with van der Waals surface area (Å²) in [6.45, 7) is 3.76. The zero-order valence-electron chi connectivity index (χ0n) is 11.2. The Balaban J connectivity index is 2.17. The molecule has 2 rings (SSSR count). The molecule has 1 aromatic heterocycles. The molecule has 3 nitrogen and oxygen atoms in total. The van der Waals surface area contributed by atoms with Gasteiger partial charge in [-0.2, -0.15) is 11.8 Å². The number of amides is 1. The SMILES string of the molecule is CCCc1cc(C(=O)N2CCCSCC2)cc(Cl)n1. The molecule has 19 heavy (non-hydrogen) atoms. The van der Waals surface area contributed by atoms with Crippen LogP contribution >= 0.6 is 23.4 Å². The Morgan fingerprint density at radius 2 is 2.26 bits per heavy atom. The average molecular weight is 299 g/mol. The van der Waals surface area contributed by atoms with E-state index in [-0.39, 0.29) is 5.91 Å². The van der Waals surface area contributed by atoms with E-state index in [1.165, 1.54) is 0 Å². The number of aryl methyl sites for hydroxylation is 1. The molecular formula is C14H19ClN2OS. The molecule has 1 fully saturated rings. The fourth-order valence-electron chi connectivity index (χ4n) is 2.19.